The SMILES string of the molecule is O=C(Nc1ccc(N2CCN(c3ccccc3F)CC2)cc1)C1CCCO1. The summed E-state index contributed by atoms with van der Waals surface area (Å²) in [6.45, 7) is 3.87. The maximum Gasteiger partial charge on any atom is 0.253 e. The average molecular weight is 369 g/mol. The van der Waals surface area contributed by atoms with E-state index in [1.165, 1.54) is 6.07 Å². The predicted octanol–water partition coefficient (Wildman–Crippen LogP) is 3.27. The first-order valence-electron chi connectivity index (χ1n) is 9.48. The molecule has 27 heavy (non-hydrogen) atoms. The molecule has 0 bridgehead atoms. The second-order valence-corrected chi connectivity index (χ2v) is 6.96. The molecule has 4 rings (SSSR count). The lowest BCUT2D eigenvalue weighted by atomic mass is 10.2. The Kier molecular flexibility index (Phi) is 5.25. The highest BCUT2D eigenvalue weighted by Crippen LogP contribution is 2.24. The first-order valence-corrected chi connectivity index (χ1v) is 9.48. The molecule has 1 N–H and O–H groups in total. The number of nitrogens with zero attached hydrogens (tertiary/aromatic N) is 2. The third kappa shape index (κ3) is 4.06. The third-order valence-corrected chi connectivity index (χ3v) is 5.19. The van der Waals surface area contributed by atoms with Crippen LogP contribution >= 0.6 is 0 Å². The Morgan fingerprint density at radius 2 is 1.70 bits per heavy atom. The van der Waals surface area contributed by atoms with Crippen LogP contribution in [0.25, 0.3) is 0 Å². The zero-order valence-corrected chi connectivity index (χ0v) is 15.2. The summed E-state index contributed by atoms with van der Waals surface area (Å²) < 4.78 is 19.4. The van der Waals surface area contributed by atoms with Crippen molar-refractivity contribution in [2.75, 3.05) is 47.9 Å². The number of ether oxygens (including phenoxy) is 1. The number of rotatable bonds is 4. The van der Waals surface area contributed by atoms with Crippen LogP contribution in [0.2, 0.25) is 0 Å². The van der Waals surface area contributed by atoms with Gasteiger partial charge >= 0.3 is 0 Å². The van der Waals surface area contributed by atoms with E-state index in [4.69, 9.17) is 4.74 Å². The molecule has 2 saturated heterocycles. The molecule has 0 aliphatic carbocycles. The van der Waals surface area contributed by atoms with E-state index in [-0.39, 0.29) is 17.8 Å². The van der Waals surface area contributed by atoms with E-state index >= 15 is 0 Å². The van der Waals surface area contributed by atoms with E-state index in [1.54, 1.807) is 6.07 Å². The highest BCUT2D eigenvalue weighted by atomic mass is 19.1. The van der Waals surface area contributed by atoms with Crippen LogP contribution < -0.4 is 15.1 Å². The zero-order valence-electron chi connectivity index (χ0n) is 15.2. The number of hydrogen-bond donors (Lipinski definition) is 1. The fraction of sp³-hybridized carbons (Fsp3) is 0.381. The lowest BCUT2D eigenvalue weighted by Gasteiger charge is -2.37. The second kappa shape index (κ2) is 7.96. The summed E-state index contributed by atoms with van der Waals surface area (Å²) in [4.78, 5) is 16.5. The van der Waals surface area contributed by atoms with E-state index in [0.717, 1.165) is 50.4 Å². The molecule has 2 aromatic carbocycles. The molecule has 2 fully saturated rings. The van der Waals surface area contributed by atoms with Gasteiger partial charge in [-0.15, -0.1) is 0 Å². The molecule has 1 amide bonds. The van der Waals surface area contributed by atoms with Crippen LogP contribution in [0, 0.1) is 5.82 Å². The smallest absolute Gasteiger partial charge is 0.253 e. The van der Waals surface area contributed by atoms with Crippen LogP contribution in [0.4, 0.5) is 21.5 Å². The van der Waals surface area contributed by atoms with Gasteiger partial charge in [0.2, 0.25) is 0 Å². The summed E-state index contributed by atoms with van der Waals surface area (Å²) in [7, 11) is 0. The maximum absolute atomic E-state index is 14.0. The van der Waals surface area contributed by atoms with Crippen molar-refractivity contribution in [1.29, 1.82) is 0 Å². The van der Waals surface area contributed by atoms with Gasteiger partial charge in [-0.25, -0.2) is 4.39 Å². The number of hydrogen-bond acceptors (Lipinski definition) is 4. The number of nitrogens with one attached hydrogen (secondary N) is 1. The highest BCUT2D eigenvalue weighted by Gasteiger charge is 2.24. The van der Waals surface area contributed by atoms with Crippen molar-refractivity contribution in [3.8, 4) is 0 Å². The van der Waals surface area contributed by atoms with Crippen molar-refractivity contribution < 1.29 is 13.9 Å². The van der Waals surface area contributed by atoms with Gasteiger partial charge in [0.1, 0.15) is 11.9 Å². The Hall–Kier alpha value is -2.60. The van der Waals surface area contributed by atoms with Crippen molar-refractivity contribution in [3.05, 3.63) is 54.3 Å². The number of amides is 1. The minimum absolute atomic E-state index is 0.0706. The third-order valence-electron chi connectivity index (χ3n) is 5.19. The van der Waals surface area contributed by atoms with E-state index in [1.807, 2.05) is 36.4 Å². The largest absolute Gasteiger partial charge is 0.368 e. The Morgan fingerprint density at radius 1 is 1.00 bits per heavy atom. The molecule has 5 nitrogen and oxygen atoms in total. The van der Waals surface area contributed by atoms with Crippen LogP contribution in [0.5, 0.6) is 0 Å². The summed E-state index contributed by atoms with van der Waals surface area (Å²) in [5, 5.41) is 2.92. The molecule has 142 valence electrons. The van der Waals surface area contributed by atoms with Gasteiger partial charge in [-0.1, -0.05) is 12.1 Å². The molecule has 0 spiro atoms. The monoisotopic (exact) mass is 369 g/mol. The van der Waals surface area contributed by atoms with Crippen molar-refractivity contribution >= 4 is 23.0 Å². The van der Waals surface area contributed by atoms with Crippen LogP contribution in [-0.2, 0) is 9.53 Å². The van der Waals surface area contributed by atoms with Gasteiger partial charge in [0.05, 0.1) is 5.69 Å². The summed E-state index contributed by atoms with van der Waals surface area (Å²) in [5.74, 6) is -0.240. The second-order valence-electron chi connectivity index (χ2n) is 6.96. The number of carbonyl (C=O) groups excluding carboxylic acids is 1. The molecule has 2 heterocycles. The number of halogens is 1. The van der Waals surface area contributed by atoms with Gasteiger partial charge in [0, 0.05) is 44.2 Å². The van der Waals surface area contributed by atoms with Crippen molar-refractivity contribution in [2.45, 2.75) is 18.9 Å². The molecule has 1 unspecified atom stereocenters. The Labute approximate surface area is 158 Å². The molecule has 2 aliphatic rings. The predicted molar refractivity (Wildman–Crippen MR) is 105 cm³/mol. The minimum atomic E-state index is -0.323. The van der Waals surface area contributed by atoms with Crippen LogP contribution in [0.15, 0.2) is 48.5 Å². The lowest BCUT2D eigenvalue weighted by Crippen LogP contribution is -2.46. The normalized spacial score (nSPS) is 20.0. The quantitative estimate of drug-likeness (QED) is 0.898. The topological polar surface area (TPSA) is 44.8 Å². The Morgan fingerprint density at radius 3 is 2.37 bits per heavy atom. The number of piperazine rings is 1. The van der Waals surface area contributed by atoms with Gasteiger partial charge in [0.25, 0.3) is 5.91 Å². The number of carbonyl (C=O) groups is 1. The van der Waals surface area contributed by atoms with Gasteiger partial charge in [-0.2, -0.15) is 0 Å². The molecule has 6 heteroatoms. The maximum atomic E-state index is 14.0. The standard InChI is InChI=1S/C21H24FN3O2/c22-18-4-1-2-5-19(18)25-13-11-24(12-14-25)17-9-7-16(8-10-17)23-21(26)20-6-3-15-27-20/h1-2,4-5,7-10,20H,3,6,11-15H2,(H,23,26). The molecular formula is C21H24FN3O2. The van der Waals surface area contributed by atoms with E-state index in [2.05, 4.69) is 15.1 Å². The van der Waals surface area contributed by atoms with Crippen molar-refractivity contribution in [3.63, 3.8) is 0 Å². The summed E-state index contributed by atoms with van der Waals surface area (Å²) in [6, 6.07) is 14.8. The van der Waals surface area contributed by atoms with Gasteiger partial charge < -0.3 is 19.9 Å². The fourth-order valence-corrected chi connectivity index (χ4v) is 3.68. The zero-order chi connectivity index (χ0) is 18.6. The van der Waals surface area contributed by atoms with E-state index in [9.17, 15) is 9.18 Å². The van der Waals surface area contributed by atoms with Crippen molar-refractivity contribution in [2.24, 2.45) is 0 Å². The number of anilines is 3. The summed E-state index contributed by atoms with van der Waals surface area (Å²) in [5.41, 5.74) is 2.56. The molecular weight excluding hydrogens is 345 g/mol. The molecule has 2 aromatic rings. The summed E-state index contributed by atoms with van der Waals surface area (Å²) >= 11 is 0. The molecule has 0 radical (unpaired) electrons. The fourth-order valence-electron chi connectivity index (χ4n) is 3.68. The van der Waals surface area contributed by atoms with Crippen LogP contribution in [-0.4, -0.2) is 44.8 Å². The van der Waals surface area contributed by atoms with Gasteiger partial charge in [-0.05, 0) is 49.2 Å². The summed E-state index contributed by atoms with van der Waals surface area (Å²) in [6.07, 6.45) is 1.41. The first kappa shape index (κ1) is 17.8. The lowest BCUT2D eigenvalue weighted by molar-refractivity contribution is -0.124. The Balaban J connectivity index is 1.33. The minimum Gasteiger partial charge on any atom is -0.368 e. The molecule has 0 saturated carbocycles. The van der Waals surface area contributed by atoms with Crippen LogP contribution in [0.1, 0.15) is 12.8 Å². The van der Waals surface area contributed by atoms with Gasteiger partial charge in [0.15, 0.2) is 0 Å². The first-order chi connectivity index (χ1) is 13.2. The van der Waals surface area contributed by atoms with Crippen LogP contribution in [0.3, 0.4) is 0 Å². The molecule has 1 atom stereocenters. The molecule has 0 aromatic heterocycles. The number of para-hydroxylation sites is 1. The van der Waals surface area contributed by atoms with E-state index in [0.29, 0.717) is 12.3 Å². The van der Waals surface area contributed by atoms with Crippen molar-refractivity contribution in [1.82, 2.24) is 0 Å². The van der Waals surface area contributed by atoms with Gasteiger partial charge in [-0.3, -0.25) is 4.79 Å². The average Bonchev–Trinajstić information content (AvgIpc) is 3.24. The Bertz CT molecular complexity index is 782. The molecule has 2 aliphatic heterocycles. The highest BCUT2D eigenvalue weighted by molar-refractivity contribution is 5.94. The van der Waals surface area contributed by atoms with E-state index < -0.39 is 0 Å². The number of benzene rings is 2.